The molecule has 0 fully saturated rings. The van der Waals surface area contributed by atoms with E-state index in [-0.39, 0.29) is 17.5 Å². The molecule has 2 amide bonds. The van der Waals surface area contributed by atoms with Gasteiger partial charge in [-0.1, -0.05) is 12.1 Å². The molecule has 1 aromatic rings. The van der Waals surface area contributed by atoms with Gasteiger partial charge in [-0.05, 0) is 19.1 Å². The molecule has 0 spiro atoms. The van der Waals surface area contributed by atoms with Gasteiger partial charge < -0.3 is 5.11 Å². The predicted octanol–water partition coefficient (Wildman–Crippen LogP) is 1.01. The molecule has 1 aliphatic rings. The number of rotatable bonds is 5. The lowest BCUT2D eigenvalue weighted by molar-refractivity contribution is -0.404. The number of hydrogen-bond acceptors (Lipinski definition) is 5. The van der Waals surface area contributed by atoms with Crippen molar-refractivity contribution in [1.29, 1.82) is 0 Å². The normalized spacial score (nSPS) is 15.5. The molecule has 1 unspecified atom stereocenters. The summed E-state index contributed by atoms with van der Waals surface area (Å²) in [5, 5.41) is 9.01. The molecule has 19 heavy (non-hydrogen) atoms. The van der Waals surface area contributed by atoms with E-state index in [0.29, 0.717) is 5.06 Å². The van der Waals surface area contributed by atoms with Crippen molar-refractivity contribution in [1.82, 2.24) is 5.06 Å². The van der Waals surface area contributed by atoms with Gasteiger partial charge in [-0.25, -0.2) is 4.89 Å². The molecule has 1 heterocycles. The van der Waals surface area contributed by atoms with Crippen LogP contribution in [0.2, 0.25) is 0 Å². The molecule has 7 heteroatoms. The summed E-state index contributed by atoms with van der Waals surface area (Å²) in [4.78, 5) is 43.4. The number of imide groups is 1. The van der Waals surface area contributed by atoms with Crippen LogP contribution in [-0.2, 0) is 14.7 Å². The van der Waals surface area contributed by atoms with Crippen LogP contribution in [0.25, 0.3) is 0 Å². The SMILES string of the molecule is CC(CC(=O)O)OON1C(=O)c2ccccc2C1=O. The van der Waals surface area contributed by atoms with Gasteiger partial charge >= 0.3 is 5.97 Å². The first-order valence-electron chi connectivity index (χ1n) is 5.53. The third-order valence-electron chi connectivity index (χ3n) is 2.50. The Bertz CT molecular complexity index is 506. The maximum Gasteiger partial charge on any atom is 0.306 e. The average Bonchev–Trinajstić information content (AvgIpc) is 2.60. The molecule has 7 nitrogen and oxygen atoms in total. The fourth-order valence-electron chi connectivity index (χ4n) is 1.63. The minimum Gasteiger partial charge on any atom is -0.481 e. The summed E-state index contributed by atoms with van der Waals surface area (Å²) in [6.07, 6.45) is -1.09. The molecular formula is C12H11NO6. The zero-order valence-electron chi connectivity index (χ0n) is 10.0. The first kappa shape index (κ1) is 13.2. The molecule has 1 aliphatic heterocycles. The van der Waals surface area contributed by atoms with Gasteiger partial charge in [0, 0.05) is 0 Å². The second-order valence-corrected chi connectivity index (χ2v) is 4.03. The van der Waals surface area contributed by atoms with Gasteiger partial charge in [0.1, 0.15) is 6.10 Å². The van der Waals surface area contributed by atoms with Gasteiger partial charge in [-0.15, -0.1) is 10.1 Å². The standard InChI is InChI=1S/C12H11NO6/c1-7(6-10(14)15)18-19-13-11(16)8-4-2-3-5-9(8)12(13)17/h2-5,7H,6H2,1H3,(H,14,15). The van der Waals surface area contributed by atoms with Crippen molar-refractivity contribution >= 4 is 17.8 Å². The highest BCUT2D eigenvalue weighted by Gasteiger charge is 2.37. The summed E-state index contributed by atoms with van der Waals surface area (Å²) in [5.74, 6) is -2.34. The van der Waals surface area contributed by atoms with Gasteiger partial charge in [0.25, 0.3) is 11.8 Å². The first-order valence-corrected chi connectivity index (χ1v) is 5.53. The number of hydrogen-bond donors (Lipinski definition) is 1. The zero-order chi connectivity index (χ0) is 14.0. The van der Waals surface area contributed by atoms with Crippen molar-refractivity contribution in [2.75, 3.05) is 0 Å². The molecule has 2 rings (SSSR count). The van der Waals surface area contributed by atoms with Gasteiger partial charge in [-0.2, -0.15) is 0 Å². The van der Waals surface area contributed by atoms with E-state index >= 15 is 0 Å². The van der Waals surface area contributed by atoms with Crippen molar-refractivity contribution < 1.29 is 29.4 Å². The number of carbonyl (C=O) groups excluding carboxylic acids is 2. The van der Waals surface area contributed by atoms with Crippen molar-refractivity contribution in [3.8, 4) is 0 Å². The number of carboxylic acids is 1. The minimum absolute atomic E-state index is 0.224. The molecule has 1 N–H and O–H groups in total. The summed E-state index contributed by atoms with van der Waals surface area (Å²) in [6.45, 7) is 1.45. The number of carboxylic acid groups (broad SMARTS) is 1. The number of hydroxylamine groups is 2. The highest BCUT2D eigenvalue weighted by atomic mass is 17.3. The lowest BCUT2D eigenvalue weighted by Gasteiger charge is -2.14. The molecular weight excluding hydrogens is 254 g/mol. The van der Waals surface area contributed by atoms with Crippen LogP contribution < -0.4 is 0 Å². The lowest BCUT2D eigenvalue weighted by Crippen LogP contribution is -2.32. The largest absolute Gasteiger partial charge is 0.481 e. The molecule has 0 radical (unpaired) electrons. The fourth-order valence-corrected chi connectivity index (χ4v) is 1.63. The Morgan fingerprint density at radius 2 is 1.79 bits per heavy atom. The number of benzene rings is 1. The van der Waals surface area contributed by atoms with Crippen LogP contribution in [0.4, 0.5) is 0 Å². The van der Waals surface area contributed by atoms with Gasteiger partial charge in [0.05, 0.1) is 17.5 Å². The van der Waals surface area contributed by atoms with Crippen LogP contribution in [0.5, 0.6) is 0 Å². The van der Waals surface area contributed by atoms with Gasteiger partial charge in [-0.3, -0.25) is 14.4 Å². The Kier molecular flexibility index (Phi) is 3.59. The second-order valence-electron chi connectivity index (χ2n) is 4.03. The van der Waals surface area contributed by atoms with Crippen molar-refractivity contribution in [2.45, 2.75) is 19.4 Å². The van der Waals surface area contributed by atoms with Crippen LogP contribution in [0.3, 0.4) is 0 Å². The van der Waals surface area contributed by atoms with Crippen LogP contribution in [-0.4, -0.2) is 34.1 Å². The van der Waals surface area contributed by atoms with Crippen molar-refractivity contribution in [2.24, 2.45) is 0 Å². The summed E-state index contributed by atoms with van der Waals surface area (Å²) in [7, 11) is 0. The number of amides is 2. The zero-order valence-corrected chi connectivity index (χ0v) is 10.0. The summed E-state index contributed by atoms with van der Waals surface area (Å²) >= 11 is 0. The van der Waals surface area contributed by atoms with E-state index in [0.717, 1.165) is 0 Å². The van der Waals surface area contributed by atoms with Crippen LogP contribution in [0.15, 0.2) is 24.3 Å². The third kappa shape index (κ3) is 2.61. The summed E-state index contributed by atoms with van der Waals surface area (Å²) in [5.41, 5.74) is 0.448. The first-order chi connectivity index (χ1) is 9.00. The van der Waals surface area contributed by atoms with E-state index < -0.39 is 23.9 Å². The van der Waals surface area contributed by atoms with E-state index in [1.807, 2.05) is 0 Å². The molecule has 0 aromatic heterocycles. The monoisotopic (exact) mass is 265 g/mol. The average molecular weight is 265 g/mol. The predicted molar refractivity (Wildman–Crippen MR) is 60.8 cm³/mol. The molecule has 1 aromatic carbocycles. The lowest BCUT2D eigenvalue weighted by atomic mass is 10.1. The van der Waals surface area contributed by atoms with E-state index in [9.17, 15) is 14.4 Å². The minimum atomic E-state index is -1.07. The van der Waals surface area contributed by atoms with Crippen molar-refractivity contribution in [3.05, 3.63) is 35.4 Å². The topological polar surface area (TPSA) is 93.1 Å². The Morgan fingerprint density at radius 3 is 2.26 bits per heavy atom. The third-order valence-corrected chi connectivity index (χ3v) is 2.50. The maximum absolute atomic E-state index is 11.8. The highest BCUT2D eigenvalue weighted by molar-refractivity contribution is 6.20. The van der Waals surface area contributed by atoms with E-state index in [1.54, 1.807) is 12.1 Å². The number of carbonyl (C=O) groups is 3. The van der Waals surface area contributed by atoms with Gasteiger partial charge in [0.2, 0.25) is 0 Å². The van der Waals surface area contributed by atoms with E-state index in [2.05, 4.69) is 4.99 Å². The van der Waals surface area contributed by atoms with E-state index in [1.165, 1.54) is 19.1 Å². The maximum atomic E-state index is 11.8. The molecule has 0 bridgehead atoms. The Morgan fingerprint density at radius 1 is 1.26 bits per heavy atom. The number of nitrogens with zero attached hydrogens (tertiary/aromatic N) is 1. The molecule has 0 saturated carbocycles. The number of fused-ring (bicyclic) bond motifs is 1. The Hall–Kier alpha value is -2.25. The quantitative estimate of drug-likeness (QED) is 0.485. The summed E-state index contributed by atoms with van der Waals surface area (Å²) in [6, 6.07) is 6.25. The fraction of sp³-hybridized carbons (Fsp3) is 0.250. The smallest absolute Gasteiger partial charge is 0.306 e. The Labute approximate surface area is 108 Å². The number of aliphatic carboxylic acids is 1. The Balaban J connectivity index is 2.02. The molecule has 100 valence electrons. The van der Waals surface area contributed by atoms with Crippen LogP contribution in [0.1, 0.15) is 34.1 Å². The molecule has 1 atom stereocenters. The van der Waals surface area contributed by atoms with E-state index in [4.69, 9.17) is 9.99 Å². The van der Waals surface area contributed by atoms with Gasteiger partial charge in [0.15, 0.2) is 0 Å². The van der Waals surface area contributed by atoms with Crippen LogP contribution >= 0.6 is 0 Å². The second kappa shape index (κ2) is 5.17. The molecule has 0 saturated heterocycles. The van der Waals surface area contributed by atoms with Crippen LogP contribution in [0, 0.1) is 0 Å². The van der Waals surface area contributed by atoms with Crippen molar-refractivity contribution in [3.63, 3.8) is 0 Å². The molecule has 0 aliphatic carbocycles. The summed E-state index contributed by atoms with van der Waals surface area (Å²) < 4.78 is 0. The highest BCUT2D eigenvalue weighted by Crippen LogP contribution is 2.22.